The monoisotopic (exact) mass is 388 g/mol. The Balaban J connectivity index is 2.25. The van der Waals surface area contributed by atoms with Gasteiger partial charge in [0.05, 0.1) is 6.04 Å². The Morgan fingerprint density at radius 1 is 1.39 bits per heavy atom. The fraction of sp³-hybridized carbons (Fsp3) is 0.231. The molecule has 1 unspecified atom stereocenters. The van der Waals surface area contributed by atoms with Gasteiger partial charge in [0, 0.05) is 25.6 Å². The van der Waals surface area contributed by atoms with Gasteiger partial charge in [-0.2, -0.15) is 0 Å². The topological polar surface area (TPSA) is 38.0 Å². The van der Waals surface area contributed by atoms with Gasteiger partial charge in [-0.15, -0.1) is 11.3 Å². The summed E-state index contributed by atoms with van der Waals surface area (Å²) >= 11 is 8.78. The summed E-state index contributed by atoms with van der Waals surface area (Å²) in [6, 6.07) is 8.48. The van der Waals surface area contributed by atoms with Gasteiger partial charge in [-0.25, -0.2) is 0 Å². The maximum atomic E-state index is 5.71. The lowest BCUT2D eigenvalue weighted by Gasteiger charge is -2.18. The van der Waals surface area contributed by atoms with Crippen LogP contribution in [0, 0.1) is 6.92 Å². The van der Waals surface area contributed by atoms with Crippen LogP contribution >= 0.6 is 43.2 Å². The molecule has 1 aromatic carbocycles. The molecule has 0 aliphatic rings. The van der Waals surface area contributed by atoms with Gasteiger partial charge >= 0.3 is 0 Å². The molecule has 1 aromatic heterocycles. The molecule has 2 nitrogen and oxygen atoms in total. The molecule has 18 heavy (non-hydrogen) atoms. The first-order valence-electron chi connectivity index (χ1n) is 5.56. The fourth-order valence-corrected chi connectivity index (χ4v) is 3.80. The van der Waals surface area contributed by atoms with Crippen LogP contribution in [0.25, 0.3) is 0 Å². The van der Waals surface area contributed by atoms with Crippen molar-refractivity contribution < 1.29 is 0 Å². The molecule has 0 bridgehead atoms. The van der Waals surface area contributed by atoms with Gasteiger partial charge in [-0.3, -0.25) is 11.3 Å². The fourth-order valence-electron chi connectivity index (χ4n) is 1.92. The predicted octanol–water partition coefficient (Wildman–Crippen LogP) is 4.33. The average Bonchev–Trinajstić information content (AvgIpc) is 2.76. The summed E-state index contributed by atoms with van der Waals surface area (Å²) in [6.45, 7) is 2.11. The molecule has 0 saturated heterocycles. The van der Waals surface area contributed by atoms with Crippen LogP contribution in [0.15, 0.2) is 38.6 Å². The Labute approximate surface area is 128 Å². The third kappa shape index (κ3) is 3.22. The van der Waals surface area contributed by atoms with E-state index in [9.17, 15) is 0 Å². The van der Waals surface area contributed by atoms with E-state index < -0.39 is 0 Å². The Morgan fingerprint density at radius 2 is 2.17 bits per heavy atom. The summed E-state index contributed by atoms with van der Waals surface area (Å²) in [6.07, 6.45) is 0.893. The third-order valence-electron chi connectivity index (χ3n) is 2.91. The number of nitrogens with one attached hydrogen (secondary N) is 1. The van der Waals surface area contributed by atoms with E-state index in [4.69, 9.17) is 5.84 Å². The molecule has 3 N–H and O–H groups in total. The molecule has 0 fully saturated rings. The highest BCUT2D eigenvalue weighted by Crippen LogP contribution is 2.29. The van der Waals surface area contributed by atoms with Crippen LogP contribution in [0.2, 0.25) is 0 Å². The predicted molar refractivity (Wildman–Crippen MR) is 84.7 cm³/mol. The van der Waals surface area contributed by atoms with E-state index >= 15 is 0 Å². The molecule has 0 aliphatic carbocycles. The summed E-state index contributed by atoms with van der Waals surface area (Å²) in [4.78, 5) is 1.31. The molecule has 96 valence electrons. The van der Waals surface area contributed by atoms with Gasteiger partial charge in [0.15, 0.2) is 0 Å². The summed E-state index contributed by atoms with van der Waals surface area (Å²) in [5.41, 5.74) is 5.38. The normalized spacial score (nSPS) is 12.7. The first kappa shape index (κ1) is 14.2. The van der Waals surface area contributed by atoms with Crippen molar-refractivity contribution in [3.63, 3.8) is 0 Å². The van der Waals surface area contributed by atoms with Crippen molar-refractivity contribution in [2.24, 2.45) is 5.84 Å². The number of thiophene rings is 1. The van der Waals surface area contributed by atoms with Crippen molar-refractivity contribution in [3.05, 3.63) is 54.6 Å². The molecule has 5 heteroatoms. The molecule has 0 saturated carbocycles. The number of nitrogens with two attached hydrogens (primary N) is 1. The van der Waals surface area contributed by atoms with Crippen molar-refractivity contribution in [3.8, 4) is 0 Å². The first-order valence-corrected chi connectivity index (χ1v) is 8.02. The molecular formula is C13H14Br2N2S. The minimum atomic E-state index is 0.132. The van der Waals surface area contributed by atoms with Crippen LogP contribution in [-0.2, 0) is 6.42 Å². The molecular weight excluding hydrogens is 376 g/mol. The summed E-state index contributed by atoms with van der Waals surface area (Å²) in [5, 5.41) is 2.09. The number of hydrazine groups is 1. The van der Waals surface area contributed by atoms with E-state index in [2.05, 4.69) is 61.7 Å². The molecule has 1 heterocycles. The highest BCUT2D eigenvalue weighted by atomic mass is 79.9. The minimum absolute atomic E-state index is 0.132. The zero-order valence-corrected chi connectivity index (χ0v) is 13.9. The van der Waals surface area contributed by atoms with Gasteiger partial charge in [0.25, 0.3) is 0 Å². The zero-order valence-electron chi connectivity index (χ0n) is 9.91. The Morgan fingerprint density at radius 3 is 2.78 bits per heavy atom. The van der Waals surface area contributed by atoms with E-state index in [-0.39, 0.29) is 6.04 Å². The van der Waals surface area contributed by atoms with Gasteiger partial charge in [0.1, 0.15) is 0 Å². The van der Waals surface area contributed by atoms with E-state index in [0.717, 1.165) is 15.4 Å². The van der Waals surface area contributed by atoms with Crippen LogP contribution in [0.5, 0.6) is 0 Å². The van der Waals surface area contributed by atoms with Gasteiger partial charge in [-0.05, 0) is 46.1 Å². The smallest absolute Gasteiger partial charge is 0.0511 e. The maximum absolute atomic E-state index is 5.71. The second kappa shape index (κ2) is 6.30. The quantitative estimate of drug-likeness (QED) is 0.603. The van der Waals surface area contributed by atoms with Crippen molar-refractivity contribution in [2.45, 2.75) is 19.4 Å². The van der Waals surface area contributed by atoms with Gasteiger partial charge < -0.3 is 0 Å². The lowest BCUT2D eigenvalue weighted by molar-refractivity contribution is 0.552. The largest absolute Gasteiger partial charge is 0.271 e. The average molecular weight is 390 g/mol. The molecule has 0 radical (unpaired) electrons. The summed E-state index contributed by atoms with van der Waals surface area (Å²) in [5.74, 6) is 5.71. The van der Waals surface area contributed by atoms with E-state index in [0.29, 0.717) is 0 Å². The van der Waals surface area contributed by atoms with Crippen LogP contribution in [0.1, 0.15) is 22.0 Å². The lowest BCUT2D eigenvalue weighted by atomic mass is 9.99. The summed E-state index contributed by atoms with van der Waals surface area (Å²) < 4.78 is 2.25. The number of hydrogen-bond donors (Lipinski definition) is 2. The zero-order chi connectivity index (χ0) is 13.1. The highest BCUT2D eigenvalue weighted by molar-refractivity contribution is 9.10. The van der Waals surface area contributed by atoms with Crippen molar-refractivity contribution >= 4 is 43.2 Å². The highest BCUT2D eigenvalue weighted by Gasteiger charge is 2.15. The molecule has 0 spiro atoms. The number of rotatable bonds is 4. The van der Waals surface area contributed by atoms with Crippen LogP contribution in [0.4, 0.5) is 0 Å². The Hall–Kier alpha value is -0.200. The summed E-state index contributed by atoms with van der Waals surface area (Å²) in [7, 11) is 0. The SMILES string of the molecule is Cc1c(Br)cccc1C(Cc1cc(Br)cs1)NN. The second-order valence-corrected chi connectivity index (χ2v) is 6.87. The van der Waals surface area contributed by atoms with Gasteiger partial charge in [-0.1, -0.05) is 28.1 Å². The van der Waals surface area contributed by atoms with Crippen molar-refractivity contribution in [2.75, 3.05) is 0 Å². The van der Waals surface area contributed by atoms with E-state index in [1.807, 2.05) is 12.1 Å². The van der Waals surface area contributed by atoms with Crippen molar-refractivity contribution in [1.82, 2.24) is 5.43 Å². The van der Waals surface area contributed by atoms with Crippen molar-refractivity contribution in [1.29, 1.82) is 0 Å². The number of halogens is 2. The number of hydrogen-bond acceptors (Lipinski definition) is 3. The molecule has 0 amide bonds. The van der Waals surface area contributed by atoms with Gasteiger partial charge in [0.2, 0.25) is 0 Å². The maximum Gasteiger partial charge on any atom is 0.0511 e. The molecule has 2 rings (SSSR count). The second-order valence-electron chi connectivity index (χ2n) is 4.11. The lowest BCUT2D eigenvalue weighted by Crippen LogP contribution is -2.30. The molecule has 0 aliphatic heterocycles. The number of benzene rings is 1. The Bertz CT molecular complexity index is 540. The van der Waals surface area contributed by atoms with Crippen LogP contribution < -0.4 is 11.3 Å². The minimum Gasteiger partial charge on any atom is -0.271 e. The van der Waals surface area contributed by atoms with E-state index in [1.165, 1.54) is 16.0 Å². The molecule has 1 atom stereocenters. The standard InChI is InChI=1S/C13H14Br2N2S/c1-8-11(3-2-4-12(8)15)13(17-16)6-10-5-9(14)7-18-10/h2-5,7,13,17H,6,16H2,1H3. The van der Waals surface area contributed by atoms with E-state index in [1.54, 1.807) is 11.3 Å². The molecule has 2 aromatic rings. The van der Waals surface area contributed by atoms with Crippen LogP contribution in [-0.4, -0.2) is 0 Å². The van der Waals surface area contributed by atoms with Crippen LogP contribution in [0.3, 0.4) is 0 Å². The first-order chi connectivity index (χ1) is 8.61. The third-order valence-corrected chi connectivity index (χ3v) is 5.49. The Kier molecular flexibility index (Phi) is 4.98.